The molecule has 1 aliphatic rings. The zero-order valence-electron chi connectivity index (χ0n) is 23.1. The third-order valence-electron chi connectivity index (χ3n) is 7.20. The number of carbonyl (C=O) groups excluding carboxylic acids is 3. The zero-order chi connectivity index (χ0) is 27.9. The number of hydrogen-bond acceptors (Lipinski definition) is 8. The lowest BCUT2D eigenvalue weighted by atomic mass is 9.99. The standard InChI is InChI=1S/C27H39N3O6SSi/c1-27(2,3)38(5,6)36-16-21(26(33)34-4)29-24(32)22-17-37-25(30-22)20-9-7-18(8-10-20)15-28-23(31)19-11-13-35-14-12-19/h7-10,17,19,21H,11-16H2,1-6H3,(H,28,31)(H,29,32)/t21-/m0/s1. The Morgan fingerprint density at radius 1 is 1.16 bits per heavy atom. The molecule has 0 unspecified atom stereocenters. The molecule has 1 aromatic heterocycles. The van der Waals surface area contributed by atoms with Gasteiger partial charge in [0.05, 0.1) is 13.7 Å². The second-order valence-electron chi connectivity index (χ2n) is 11.0. The van der Waals surface area contributed by atoms with Gasteiger partial charge < -0.3 is 24.5 Å². The number of methoxy groups -OCH3 is 1. The van der Waals surface area contributed by atoms with Crippen LogP contribution in [0.15, 0.2) is 29.6 Å². The highest BCUT2D eigenvalue weighted by Crippen LogP contribution is 2.36. The molecule has 0 bridgehead atoms. The zero-order valence-corrected chi connectivity index (χ0v) is 24.9. The van der Waals surface area contributed by atoms with Crippen molar-refractivity contribution in [1.29, 1.82) is 0 Å². The van der Waals surface area contributed by atoms with E-state index in [4.69, 9.17) is 13.9 Å². The monoisotopic (exact) mass is 561 g/mol. The van der Waals surface area contributed by atoms with E-state index >= 15 is 0 Å². The van der Waals surface area contributed by atoms with Gasteiger partial charge >= 0.3 is 5.97 Å². The van der Waals surface area contributed by atoms with E-state index in [2.05, 4.69) is 49.5 Å². The number of aromatic nitrogens is 1. The van der Waals surface area contributed by atoms with Gasteiger partial charge in [-0.1, -0.05) is 45.0 Å². The normalized spacial score (nSPS) is 15.5. The van der Waals surface area contributed by atoms with Crippen molar-refractivity contribution in [2.45, 2.75) is 64.3 Å². The van der Waals surface area contributed by atoms with Crippen molar-refractivity contribution in [2.75, 3.05) is 26.9 Å². The van der Waals surface area contributed by atoms with Crippen molar-refractivity contribution in [3.8, 4) is 10.6 Å². The minimum atomic E-state index is -2.12. The fourth-order valence-electron chi connectivity index (χ4n) is 3.62. The summed E-state index contributed by atoms with van der Waals surface area (Å²) in [5.41, 5.74) is 2.06. The molecule has 0 radical (unpaired) electrons. The van der Waals surface area contributed by atoms with E-state index in [1.54, 1.807) is 5.38 Å². The number of ether oxygens (including phenoxy) is 2. The third-order valence-corrected chi connectivity index (χ3v) is 12.6. The number of nitrogens with zero attached hydrogens (tertiary/aromatic N) is 1. The summed E-state index contributed by atoms with van der Waals surface area (Å²) in [6.45, 7) is 12.3. The average Bonchev–Trinajstić information content (AvgIpc) is 3.40. The average molecular weight is 562 g/mol. The van der Waals surface area contributed by atoms with Crippen molar-refractivity contribution < 1.29 is 28.3 Å². The Hall–Kier alpha value is -2.60. The van der Waals surface area contributed by atoms with Crippen molar-refractivity contribution >= 4 is 37.4 Å². The molecule has 2 N–H and O–H groups in total. The Morgan fingerprint density at radius 2 is 1.82 bits per heavy atom. The number of hydrogen-bond donors (Lipinski definition) is 2. The Morgan fingerprint density at radius 3 is 2.42 bits per heavy atom. The van der Waals surface area contributed by atoms with Crippen molar-refractivity contribution in [1.82, 2.24) is 15.6 Å². The molecule has 3 rings (SSSR count). The van der Waals surface area contributed by atoms with Gasteiger partial charge in [0.2, 0.25) is 5.91 Å². The Kier molecular flexibility index (Phi) is 10.2. The van der Waals surface area contributed by atoms with Crippen molar-refractivity contribution in [3.05, 3.63) is 40.9 Å². The quantitative estimate of drug-likeness (QED) is 0.331. The number of carbonyl (C=O) groups is 3. The summed E-state index contributed by atoms with van der Waals surface area (Å²) in [6, 6.07) is 6.78. The molecule has 0 saturated carbocycles. The maximum atomic E-state index is 12.9. The van der Waals surface area contributed by atoms with E-state index in [-0.39, 0.29) is 29.2 Å². The van der Waals surface area contributed by atoms with Crippen molar-refractivity contribution in [3.63, 3.8) is 0 Å². The van der Waals surface area contributed by atoms with Crippen LogP contribution < -0.4 is 10.6 Å². The number of nitrogens with one attached hydrogen (secondary N) is 2. The van der Waals surface area contributed by atoms with E-state index < -0.39 is 26.2 Å². The van der Waals surface area contributed by atoms with Gasteiger partial charge in [0.1, 0.15) is 16.7 Å². The molecule has 1 saturated heterocycles. The topological polar surface area (TPSA) is 116 Å². The van der Waals surface area contributed by atoms with Crippen molar-refractivity contribution in [2.24, 2.45) is 5.92 Å². The van der Waals surface area contributed by atoms with Gasteiger partial charge in [-0.15, -0.1) is 11.3 Å². The van der Waals surface area contributed by atoms with Gasteiger partial charge in [-0.2, -0.15) is 0 Å². The van der Waals surface area contributed by atoms with Crippen LogP contribution in [-0.2, 0) is 30.0 Å². The van der Waals surface area contributed by atoms with Gasteiger partial charge in [0, 0.05) is 36.6 Å². The van der Waals surface area contributed by atoms with E-state index in [0.29, 0.717) is 24.8 Å². The highest BCUT2D eigenvalue weighted by Gasteiger charge is 2.38. The molecular weight excluding hydrogens is 522 g/mol. The molecule has 11 heteroatoms. The summed E-state index contributed by atoms with van der Waals surface area (Å²) >= 11 is 1.34. The molecule has 9 nitrogen and oxygen atoms in total. The Bertz CT molecular complexity index is 1110. The van der Waals surface area contributed by atoms with E-state index in [1.165, 1.54) is 18.4 Å². The van der Waals surface area contributed by atoms with Gasteiger partial charge in [0.25, 0.3) is 5.91 Å². The van der Waals surface area contributed by atoms with Crippen LogP contribution in [0, 0.1) is 5.92 Å². The Labute approximate surface area is 229 Å². The van der Waals surface area contributed by atoms with Gasteiger partial charge in [-0.25, -0.2) is 9.78 Å². The fraction of sp³-hybridized carbons (Fsp3) is 0.556. The summed E-state index contributed by atoms with van der Waals surface area (Å²) in [4.78, 5) is 42.1. The van der Waals surface area contributed by atoms with Crippen LogP contribution in [0.5, 0.6) is 0 Å². The maximum Gasteiger partial charge on any atom is 0.330 e. The lowest BCUT2D eigenvalue weighted by Gasteiger charge is -2.37. The molecule has 2 aromatic rings. The summed E-state index contributed by atoms with van der Waals surface area (Å²) in [7, 11) is -0.837. The molecule has 38 heavy (non-hydrogen) atoms. The summed E-state index contributed by atoms with van der Waals surface area (Å²) in [5, 5.41) is 8.03. The predicted octanol–water partition coefficient (Wildman–Crippen LogP) is 4.15. The molecule has 0 aliphatic carbocycles. The highest BCUT2D eigenvalue weighted by atomic mass is 32.1. The number of amides is 2. The summed E-state index contributed by atoms with van der Waals surface area (Å²) < 4.78 is 16.3. The first-order chi connectivity index (χ1) is 17.9. The molecule has 2 heterocycles. The molecule has 1 atom stereocenters. The fourth-order valence-corrected chi connectivity index (χ4v) is 5.44. The number of esters is 1. The van der Waals surface area contributed by atoms with E-state index in [1.807, 2.05) is 24.3 Å². The number of benzene rings is 1. The summed E-state index contributed by atoms with van der Waals surface area (Å²) in [6.07, 6.45) is 1.52. The van der Waals surface area contributed by atoms with E-state index in [9.17, 15) is 14.4 Å². The van der Waals surface area contributed by atoms with Crippen LogP contribution in [0.1, 0.15) is 49.7 Å². The SMILES string of the molecule is COC(=O)[C@H](CO[Si](C)(C)C(C)(C)C)NC(=O)c1csc(-c2ccc(CNC(=O)C3CCOCC3)cc2)n1. The number of rotatable bonds is 10. The second kappa shape index (κ2) is 13.0. The lowest BCUT2D eigenvalue weighted by molar-refractivity contribution is -0.143. The number of thiazole rings is 1. The minimum Gasteiger partial charge on any atom is -0.467 e. The largest absolute Gasteiger partial charge is 0.467 e. The predicted molar refractivity (Wildman–Crippen MR) is 149 cm³/mol. The van der Waals surface area contributed by atoms with E-state index in [0.717, 1.165) is 24.0 Å². The van der Waals surface area contributed by atoms with Gasteiger partial charge in [0.15, 0.2) is 8.32 Å². The molecule has 208 valence electrons. The first-order valence-corrected chi connectivity index (χ1v) is 16.6. The minimum absolute atomic E-state index is 0.0142. The Balaban J connectivity index is 1.58. The second-order valence-corrected chi connectivity index (χ2v) is 16.6. The van der Waals surface area contributed by atoms with Crippen LogP contribution >= 0.6 is 11.3 Å². The van der Waals surface area contributed by atoms with Crippen LogP contribution in [0.25, 0.3) is 10.6 Å². The third kappa shape index (κ3) is 7.95. The molecule has 1 fully saturated rings. The van der Waals surface area contributed by atoms with Crippen LogP contribution in [0.4, 0.5) is 0 Å². The van der Waals surface area contributed by atoms with Gasteiger partial charge in [-0.3, -0.25) is 9.59 Å². The van der Waals surface area contributed by atoms with Gasteiger partial charge in [-0.05, 0) is 36.5 Å². The van der Waals surface area contributed by atoms with Crippen LogP contribution in [-0.4, -0.2) is 64.1 Å². The molecular formula is C27H39N3O6SSi. The smallest absolute Gasteiger partial charge is 0.330 e. The first-order valence-electron chi connectivity index (χ1n) is 12.8. The van der Waals surface area contributed by atoms with Crippen LogP contribution in [0.3, 0.4) is 0 Å². The molecule has 2 amide bonds. The highest BCUT2D eigenvalue weighted by molar-refractivity contribution is 7.13. The summed E-state index contributed by atoms with van der Waals surface area (Å²) in [5.74, 6) is -0.950. The van der Waals surface area contributed by atoms with Crippen LogP contribution in [0.2, 0.25) is 18.1 Å². The first kappa shape index (κ1) is 29.9. The molecule has 1 aliphatic heterocycles. The molecule has 1 aromatic carbocycles. The lowest BCUT2D eigenvalue weighted by Crippen LogP contribution is -2.49. The maximum absolute atomic E-state index is 12.9. The molecule has 0 spiro atoms.